The summed E-state index contributed by atoms with van der Waals surface area (Å²) >= 11 is 0. The van der Waals surface area contributed by atoms with Crippen molar-refractivity contribution in [2.45, 2.75) is 25.9 Å². The van der Waals surface area contributed by atoms with Gasteiger partial charge in [-0.2, -0.15) is 5.01 Å². The number of fused-ring (bicyclic) bond motifs is 1. The van der Waals surface area contributed by atoms with Crippen LogP contribution in [0.4, 0.5) is 0 Å². The van der Waals surface area contributed by atoms with Gasteiger partial charge in [-0.05, 0) is 6.42 Å². The Morgan fingerprint density at radius 3 is 3.19 bits per heavy atom. The number of amides is 1. The van der Waals surface area contributed by atoms with Gasteiger partial charge in [0, 0.05) is 6.54 Å². The summed E-state index contributed by atoms with van der Waals surface area (Å²) < 4.78 is 1.92. The van der Waals surface area contributed by atoms with Gasteiger partial charge in [0.25, 0.3) is 5.91 Å². The van der Waals surface area contributed by atoms with E-state index in [1.807, 2.05) is 9.58 Å². The van der Waals surface area contributed by atoms with Crippen molar-refractivity contribution in [2.24, 2.45) is 0 Å². The molecule has 0 radical (unpaired) electrons. The number of imidazole rings is 1. The molecule has 0 spiro atoms. The SMILES string of the molecule is C=CCN1NC(=O)c2cncn2C1CCC. The maximum atomic E-state index is 11.7. The zero-order valence-corrected chi connectivity index (χ0v) is 9.39. The third-order valence-electron chi connectivity index (χ3n) is 2.70. The maximum absolute atomic E-state index is 11.7. The zero-order valence-electron chi connectivity index (χ0n) is 9.39. The molecule has 0 fully saturated rings. The minimum atomic E-state index is -0.105. The van der Waals surface area contributed by atoms with Gasteiger partial charge < -0.3 is 4.57 Å². The molecule has 1 aromatic heterocycles. The molecule has 1 aliphatic rings. The molecule has 0 saturated heterocycles. The highest BCUT2D eigenvalue weighted by atomic mass is 16.2. The first-order valence-electron chi connectivity index (χ1n) is 5.48. The van der Waals surface area contributed by atoms with Gasteiger partial charge in [-0.25, -0.2) is 4.98 Å². The van der Waals surface area contributed by atoms with Crippen molar-refractivity contribution in [3.8, 4) is 0 Å². The first-order valence-corrected chi connectivity index (χ1v) is 5.48. The predicted molar refractivity (Wildman–Crippen MR) is 60.5 cm³/mol. The average Bonchev–Trinajstić information content (AvgIpc) is 2.73. The molecule has 2 rings (SSSR count). The van der Waals surface area contributed by atoms with Crippen LogP contribution in [0.5, 0.6) is 0 Å². The second-order valence-corrected chi connectivity index (χ2v) is 3.84. The van der Waals surface area contributed by atoms with Gasteiger partial charge in [-0.15, -0.1) is 6.58 Å². The highest BCUT2D eigenvalue weighted by molar-refractivity contribution is 5.92. The first-order chi connectivity index (χ1) is 7.77. The van der Waals surface area contributed by atoms with Gasteiger partial charge in [-0.3, -0.25) is 10.2 Å². The molecule has 1 aliphatic heterocycles. The number of hydrogen-bond acceptors (Lipinski definition) is 3. The summed E-state index contributed by atoms with van der Waals surface area (Å²) in [4.78, 5) is 15.8. The Labute approximate surface area is 94.7 Å². The Hall–Kier alpha value is -1.62. The molecule has 5 nitrogen and oxygen atoms in total. The molecule has 1 aromatic rings. The molecule has 0 bridgehead atoms. The Morgan fingerprint density at radius 1 is 1.69 bits per heavy atom. The zero-order chi connectivity index (χ0) is 11.5. The van der Waals surface area contributed by atoms with E-state index in [-0.39, 0.29) is 12.1 Å². The molecule has 1 N–H and O–H groups in total. The summed E-state index contributed by atoms with van der Waals surface area (Å²) in [5.41, 5.74) is 3.48. The molecule has 0 aromatic carbocycles. The largest absolute Gasteiger partial charge is 0.308 e. The van der Waals surface area contributed by atoms with Crippen LogP contribution >= 0.6 is 0 Å². The van der Waals surface area contributed by atoms with Crippen LogP contribution in [0.2, 0.25) is 0 Å². The van der Waals surface area contributed by atoms with Gasteiger partial charge >= 0.3 is 0 Å². The summed E-state index contributed by atoms with van der Waals surface area (Å²) in [6.07, 6.45) is 7.25. The van der Waals surface area contributed by atoms with Crippen molar-refractivity contribution in [1.82, 2.24) is 20.0 Å². The molecule has 1 atom stereocenters. The molecule has 5 heteroatoms. The normalized spacial score (nSPS) is 20.3. The topological polar surface area (TPSA) is 50.2 Å². The Bertz CT molecular complexity index is 398. The van der Waals surface area contributed by atoms with E-state index in [1.165, 1.54) is 0 Å². The number of nitrogens with zero attached hydrogens (tertiary/aromatic N) is 3. The molecule has 1 unspecified atom stereocenters. The average molecular weight is 220 g/mol. The van der Waals surface area contributed by atoms with E-state index in [1.54, 1.807) is 18.6 Å². The molecule has 0 aliphatic carbocycles. The Balaban J connectivity index is 2.32. The van der Waals surface area contributed by atoms with Crippen molar-refractivity contribution >= 4 is 5.91 Å². The van der Waals surface area contributed by atoms with E-state index >= 15 is 0 Å². The number of carbonyl (C=O) groups is 1. The number of hydrogen-bond donors (Lipinski definition) is 1. The van der Waals surface area contributed by atoms with Crippen molar-refractivity contribution in [3.05, 3.63) is 30.9 Å². The number of nitrogens with one attached hydrogen (secondary N) is 1. The molecule has 0 saturated carbocycles. The monoisotopic (exact) mass is 220 g/mol. The van der Waals surface area contributed by atoms with Crippen molar-refractivity contribution in [2.75, 3.05) is 6.54 Å². The van der Waals surface area contributed by atoms with Crippen LogP contribution in [-0.4, -0.2) is 27.0 Å². The minimum absolute atomic E-state index is 0.105. The van der Waals surface area contributed by atoms with Gasteiger partial charge in [0.05, 0.1) is 12.5 Å². The first kappa shape index (κ1) is 10.9. The number of aromatic nitrogens is 2. The fraction of sp³-hybridized carbons (Fsp3) is 0.455. The van der Waals surface area contributed by atoms with Crippen molar-refractivity contribution in [3.63, 3.8) is 0 Å². The van der Waals surface area contributed by atoms with Crippen molar-refractivity contribution in [1.29, 1.82) is 0 Å². The summed E-state index contributed by atoms with van der Waals surface area (Å²) in [6.45, 7) is 6.46. The fourth-order valence-corrected chi connectivity index (χ4v) is 1.99. The number of hydrazine groups is 1. The van der Waals surface area contributed by atoms with Crippen LogP contribution in [0.25, 0.3) is 0 Å². The second-order valence-electron chi connectivity index (χ2n) is 3.84. The predicted octanol–water partition coefficient (Wildman–Crippen LogP) is 1.33. The van der Waals surface area contributed by atoms with E-state index in [0.29, 0.717) is 12.2 Å². The van der Waals surface area contributed by atoms with Crippen LogP contribution in [0.1, 0.15) is 36.4 Å². The van der Waals surface area contributed by atoms with Crippen LogP contribution < -0.4 is 5.43 Å². The van der Waals surface area contributed by atoms with Gasteiger partial charge in [0.1, 0.15) is 11.9 Å². The standard InChI is InChI=1S/C11H16N4O/c1-3-5-10-14-8-12-7-9(14)11(16)13-15(10)6-4-2/h4,7-8,10H,2-3,5-6H2,1H3,(H,13,16). The third-order valence-corrected chi connectivity index (χ3v) is 2.70. The molecular formula is C11H16N4O. The summed E-state index contributed by atoms with van der Waals surface area (Å²) in [5.74, 6) is -0.105. The van der Waals surface area contributed by atoms with E-state index in [4.69, 9.17) is 0 Å². The summed E-state index contributed by atoms with van der Waals surface area (Å²) in [6, 6.07) is 0. The van der Waals surface area contributed by atoms with E-state index < -0.39 is 0 Å². The summed E-state index contributed by atoms with van der Waals surface area (Å²) in [7, 11) is 0. The van der Waals surface area contributed by atoms with Crippen LogP contribution in [0.3, 0.4) is 0 Å². The van der Waals surface area contributed by atoms with Gasteiger partial charge in [0.15, 0.2) is 0 Å². The third kappa shape index (κ3) is 1.74. The van der Waals surface area contributed by atoms with Crippen molar-refractivity contribution < 1.29 is 4.79 Å². The molecule has 2 heterocycles. The van der Waals surface area contributed by atoms with E-state index in [9.17, 15) is 4.79 Å². The lowest BCUT2D eigenvalue weighted by atomic mass is 10.2. The quantitative estimate of drug-likeness (QED) is 0.779. The Morgan fingerprint density at radius 2 is 2.50 bits per heavy atom. The smallest absolute Gasteiger partial charge is 0.283 e. The highest BCUT2D eigenvalue weighted by Gasteiger charge is 2.29. The van der Waals surface area contributed by atoms with E-state index in [0.717, 1.165) is 12.8 Å². The van der Waals surface area contributed by atoms with Gasteiger partial charge in [-0.1, -0.05) is 19.4 Å². The van der Waals surface area contributed by atoms with Crippen LogP contribution in [-0.2, 0) is 0 Å². The number of rotatable bonds is 4. The summed E-state index contributed by atoms with van der Waals surface area (Å²) in [5, 5.41) is 1.90. The van der Waals surface area contributed by atoms with E-state index in [2.05, 4.69) is 23.9 Å². The maximum Gasteiger partial charge on any atom is 0.283 e. The lowest BCUT2D eigenvalue weighted by molar-refractivity contribution is 0.0412. The molecule has 16 heavy (non-hydrogen) atoms. The molecular weight excluding hydrogens is 204 g/mol. The minimum Gasteiger partial charge on any atom is -0.308 e. The molecule has 86 valence electrons. The lowest BCUT2D eigenvalue weighted by Crippen LogP contribution is -2.51. The Kier molecular flexibility index (Phi) is 3.05. The van der Waals surface area contributed by atoms with Crippen LogP contribution in [0.15, 0.2) is 25.2 Å². The van der Waals surface area contributed by atoms with Crippen LogP contribution in [0, 0.1) is 0 Å². The van der Waals surface area contributed by atoms with Gasteiger partial charge in [0.2, 0.25) is 0 Å². The number of carbonyl (C=O) groups excluding carboxylic acids is 1. The second kappa shape index (κ2) is 4.49. The lowest BCUT2D eigenvalue weighted by Gasteiger charge is -2.36. The molecule has 1 amide bonds. The highest BCUT2D eigenvalue weighted by Crippen LogP contribution is 2.23. The fourth-order valence-electron chi connectivity index (χ4n) is 1.99.